The third-order valence-corrected chi connectivity index (χ3v) is 1.18. The maximum Gasteiger partial charge on any atom is 0.311 e. The van der Waals surface area contributed by atoms with Crippen molar-refractivity contribution in [3.05, 3.63) is 24.0 Å². The second kappa shape index (κ2) is 3.65. The lowest BCUT2D eigenvalue weighted by Gasteiger charge is -1.95. The van der Waals surface area contributed by atoms with Gasteiger partial charge in [0.1, 0.15) is 0 Å². The molecule has 0 aromatic carbocycles. The molecular formula is C7H8N2O2. The van der Waals surface area contributed by atoms with Gasteiger partial charge in [-0.3, -0.25) is 4.79 Å². The summed E-state index contributed by atoms with van der Waals surface area (Å²) in [5.41, 5.74) is 0.624. The van der Waals surface area contributed by atoms with Gasteiger partial charge in [0.05, 0.1) is 19.2 Å². The number of hydrogen-bond acceptors (Lipinski definition) is 4. The van der Waals surface area contributed by atoms with Crippen LogP contribution in [0.4, 0.5) is 0 Å². The van der Waals surface area contributed by atoms with Crippen molar-refractivity contribution in [2.75, 3.05) is 7.11 Å². The van der Waals surface area contributed by atoms with Crippen LogP contribution < -0.4 is 0 Å². The van der Waals surface area contributed by atoms with E-state index in [2.05, 4.69) is 14.9 Å². The Bertz CT molecular complexity index is 235. The molecule has 0 saturated heterocycles. The molecule has 0 aliphatic rings. The molecule has 0 spiro atoms. The van der Waals surface area contributed by atoms with Crippen LogP contribution in [0.5, 0.6) is 0 Å². The molecule has 0 radical (unpaired) electrons. The van der Waals surface area contributed by atoms with E-state index in [9.17, 15) is 4.79 Å². The number of esters is 1. The zero-order valence-corrected chi connectivity index (χ0v) is 6.15. The number of carbonyl (C=O) groups is 1. The minimum atomic E-state index is -0.300. The molecule has 4 heteroatoms. The fraction of sp³-hybridized carbons (Fsp3) is 0.286. The third kappa shape index (κ3) is 2.33. The summed E-state index contributed by atoms with van der Waals surface area (Å²) in [6, 6.07) is 3.45. The highest BCUT2D eigenvalue weighted by Crippen LogP contribution is 1.93. The Labute approximate surface area is 64.2 Å². The normalized spacial score (nSPS) is 9.18. The Kier molecular flexibility index (Phi) is 2.54. The minimum Gasteiger partial charge on any atom is -0.469 e. The molecule has 0 aliphatic carbocycles. The first-order chi connectivity index (χ1) is 5.33. The van der Waals surface area contributed by atoms with Crippen molar-refractivity contribution >= 4 is 5.97 Å². The van der Waals surface area contributed by atoms with Crippen LogP contribution in [0.15, 0.2) is 18.3 Å². The van der Waals surface area contributed by atoms with E-state index in [-0.39, 0.29) is 12.4 Å². The van der Waals surface area contributed by atoms with Gasteiger partial charge in [-0.2, -0.15) is 10.2 Å². The summed E-state index contributed by atoms with van der Waals surface area (Å²) in [4.78, 5) is 10.7. The summed E-state index contributed by atoms with van der Waals surface area (Å²) in [6.45, 7) is 0. The first-order valence-electron chi connectivity index (χ1n) is 3.16. The number of nitrogens with zero attached hydrogens (tertiary/aromatic N) is 2. The monoisotopic (exact) mass is 152 g/mol. The molecule has 4 nitrogen and oxygen atoms in total. The molecule has 11 heavy (non-hydrogen) atoms. The van der Waals surface area contributed by atoms with Crippen LogP contribution in [0.3, 0.4) is 0 Å². The maximum atomic E-state index is 10.7. The first kappa shape index (κ1) is 7.65. The van der Waals surface area contributed by atoms with E-state index < -0.39 is 0 Å². The molecule has 1 aromatic heterocycles. The van der Waals surface area contributed by atoms with Crippen molar-refractivity contribution in [3.8, 4) is 0 Å². The van der Waals surface area contributed by atoms with Crippen molar-refractivity contribution in [3.63, 3.8) is 0 Å². The average Bonchev–Trinajstić information content (AvgIpc) is 2.06. The van der Waals surface area contributed by atoms with Crippen LogP contribution in [0, 0.1) is 0 Å². The van der Waals surface area contributed by atoms with E-state index in [1.54, 1.807) is 18.3 Å². The fourth-order valence-electron chi connectivity index (χ4n) is 0.648. The minimum absolute atomic E-state index is 0.185. The molecule has 0 fully saturated rings. The van der Waals surface area contributed by atoms with E-state index in [4.69, 9.17) is 0 Å². The van der Waals surface area contributed by atoms with Gasteiger partial charge >= 0.3 is 5.97 Å². The smallest absolute Gasteiger partial charge is 0.311 e. The van der Waals surface area contributed by atoms with Gasteiger partial charge in [0.25, 0.3) is 0 Å². The van der Waals surface area contributed by atoms with E-state index >= 15 is 0 Å². The maximum absolute atomic E-state index is 10.7. The molecule has 1 rings (SSSR count). The molecule has 0 unspecified atom stereocenters. The average molecular weight is 152 g/mol. The standard InChI is InChI=1S/C7H8N2O2/c1-11-7(10)5-6-3-2-4-8-9-6/h2-4H,5H2,1H3. The molecular weight excluding hydrogens is 144 g/mol. The SMILES string of the molecule is COC(=O)Cc1cccnn1. The van der Waals surface area contributed by atoms with Crippen LogP contribution in [0.25, 0.3) is 0 Å². The molecule has 0 amide bonds. The van der Waals surface area contributed by atoms with Crippen LogP contribution in [-0.4, -0.2) is 23.3 Å². The Morgan fingerprint density at radius 3 is 3.09 bits per heavy atom. The largest absolute Gasteiger partial charge is 0.469 e. The van der Waals surface area contributed by atoms with Gasteiger partial charge in [0.15, 0.2) is 0 Å². The molecule has 0 atom stereocenters. The Morgan fingerprint density at radius 2 is 2.55 bits per heavy atom. The fourth-order valence-corrected chi connectivity index (χ4v) is 0.648. The van der Waals surface area contributed by atoms with E-state index in [1.807, 2.05) is 0 Å². The van der Waals surface area contributed by atoms with Gasteiger partial charge in [-0.25, -0.2) is 0 Å². The van der Waals surface area contributed by atoms with Crippen molar-refractivity contribution in [2.45, 2.75) is 6.42 Å². The highest BCUT2D eigenvalue weighted by Gasteiger charge is 2.02. The number of ether oxygens (including phenoxy) is 1. The lowest BCUT2D eigenvalue weighted by atomic mass is 10.3. The van der Waals surface area contributed by atoms with E-state index in [1.165, 1.54) is 7.11 Å². The number of methoxy groups -OCH3 is 1. The van der Waals surface area contributed by atoms with Gasteiger partial charge in [-0.1, -0.05) is 0 Å². The van der Waals surface area contributed by atoms with Crippen LogP contribution >= 0.6 is 0 Å². The zero-order valence-electron chi connectivity index (χ0n) is 6.15. The quantitative estimate of drug-likeness (QED) is 0.568. The van der Waals surface area contributed by atoms with Crippen molar-refractivity contribution in [1.82, 2.24) is 10.2 Å². The highest BCUT2D eigenvalue weighted by molar-refractivity contribution is 5.71. The van der Waals surface area contributed by atoms with Crippen LogP contribution in [0.1, 0.15) is 5.69 Å². The van der Waals surface area contributed by atoms with E-state index in [0.717, 1.165) is 0 Å². The number of hydrogen-bond donors (Lipinski definition) is 0. The Morgan fingerprint density at radius 1 is 1.73 bits per heavy atom. The van der Waals surface area contributed by atoms with Crippen molar-refractivity contribution in [1.29, 1.82) is 0 Å². The summed E-state index contributed by atoms with van der Waals surface area (Å²) in [7, 11) is 1.35. The number of rotatable bonds is 2. The molecule has 0 N–H and O–H groups in total. The second-order valence-corrected chi connectivity index (χ2v) is 1.97. The molecule has 58 valence electrons. The summed E-state index contributed by atoms with van der Waals surface area (Å²) in [5.74, 6) is -0.300. The van der Waals surface area contributed by atoms with Gasteiger partial charge in [0, 0.05) is 6.20 Å². The van der Waals surface area contributed by atoms with Crippen molar-refractivity contribution < 1.29 is 9.53 Å². The number of carbonyl (C=O) groups excluding carboxylic acids is 1. The first-order valence-corrected chi connectivity index (χ1v) is 3.16. The topological polar surface area (TPSA) is 52.1 Å². The molecule has 1 heterocycles. The van der Waals surface area contributed by atoms with Gasteiger partial charge in [0.2, 0.25) is 0 Å². The second-order valence-electron chi connectivity index (χ2n) is 1.97. The van der Waals surface area contributed by atoms with Crippen molar-refractivity contribution in [2.24, 2.45) is 0 Å². The Hall–Kier alpha value is -1.45. The van der Waals surface area contributed by atoms with E-state index in [0.29, 0.717) is 5.69 Å². The molecule has 0 bridgehead atoms. The van der Waals surface area contributed by atoms with Crippen LogP contribution in [-0.2, 0) is 16.0 Å². The van der Waals surface area contributed by atoms with Gasteiger partial charge in [-0.05, 0) is 12.1 Å². The third-order valence-electron chi connectivity index (χ3n) is 1.18. The Balaban J connectivity index is 2.58. The lowest BCUT2D eigenvalue weighted by molar-refractivity contribution is -0.139. The highest BCUT2D eigenvalue weighted by atomic mass is 16.5. The van der Waals surface area contributed by atoms with Gasteiger partial charge < -0.3 is 4.74 Å². The van der Waals surface area contributed by atoms with Crippen LogP contribution in [0.2, 0.25) is 0 Å². The molecule has 0 aliphatic heterocycles. The molecule has 1 aromatic rings. The summed E-state index contributed by atoms with van der Waals surface area (Å²) in [6.07, 6.45) is 1.74. The van der Waals surface area contributed by atoms with Gasteiger partial charge in [-0.15, -0.1) is 0 Å². The summed E-state index contributed by atoms with van der Waals surface area (Å²) >= 11 is 0. The summed E-state index contributed by atoms with van der Waals surface area (Å²) < 4.78 is 4.45. The predicted molar refractivity (Wildman–Crippen MR) is 37.8 cm³/mol. The zero-order chi connectivity index (χ0) is 8.10. The summed E-state index contributed by atoms with van der Waals surface area (Å²) in [5, 5.41) is 7.33. The predicted octanol–water partition coefficient (Wildman–Crippen LogP) is 0.192. The lowest BCUT2D eigenvalue weighted by Crippen LogP contribution is -2.06. The molecule has 0 saturated carbocycles. The number of aromatic nitrogens is 2.